The molecule has 0 fully saturated rings. The lowest BCUT2D eigenvalue weighted by molar-refractivity contribution is 0.0696. The summed E-state index contributed by atoms with van der Waals surface area (Å²) >= 11 is 5.87. The van der Waals surface area contributed by atoms with Gasteiger partial charge in [0.2, 0.25) is 0 Å². The van der Waals surface area contributed by atoms with Gasteiger partial charge in [-0.15, -0.1) is 0 Å². The molecule has 0 amide bonds. The minimum atomic E-state index is -1.39. The lowest BCUT2D eigenvalue weighted by Crippen LogP contribution is -2.11. The summed E-state index contributed by atoms with van der Waals surface area (Å²) in [7, 11) is 0. The van der Waals surface area contributed by atoms with Crippen LogP contribution in [0.25, 0.3) is 0 Å². The predicted molar refractivity (Wildman–Crippen MR) is 76.8 cm³/mol. The van der Waals surface area contributed by atoms with Gasteiger partial charge in [0.25, 0.3) is 0 Å². The van der Waals surface area contributed by atoms with E-state index in [0.717, 1.165) is 17.7 Å². The summed E-state index contributed by atoms with van der Waals surface area (Å²) < 4.78 is 27.7. The van der Waals surface area contributed by atoms with Crippen LogP contribution in [0.5, 0.6) is 0 Å². The van der Waals surface area contributed by atoms with Crippen molar-refractivity contribution >= 4 is 23.3 Å². The van der Waals surface area contributed by atoms with Gasteiger partial charge in [-0.1, -0.05) is 23.7 Å². The molecule has 0 saturated carbocycles. The molecule has 110 valence electrons. The van der Waals surface area contributed by atoms with E-state index in [1.807, 2.05) is 0 Å². The summed E-state index contributed by atoms with van der Waals surface area (Å²) in [5, 5.41) is 12.0. The maximum Gasteiger partial charge on any atom is 0.335 e. The first-order valence-corrected chi connectivity index (χ1v) is 6.50. The van der Waals surface area contributed by atoms with Gasteiger partial charge < -0.3 is 10.4 Å². The SMILES string of the molecule is CC(Nc1c(F)cc(C(=O)O)cc1F)c1cccc(Cl)c1. The molecule has 2 aromatic rings. The zero-order chi connectivity index (χ0) is 15.6. The summed E-state index contributed by atoms with van der Waals surface area (Å²) in [5.74, 6) is -3.30. The molecule has 0 saturated heterocycles. The maximum atomic E-state index is 13.8. The van der Waals surface area contributed by atoms with Crippen molar-refractivity contribution in [3.8, 4) is 0 Å². The van der Waals surface area contributed by atoms with Gasteiger partial charge in [0.15, 0.2) is 0 Å². The highest BCUT2D eigenvalue weighted by molar-refractivity contribution is 6.30. The van der Waals surface area contributed by atoms with Crippen molar-refractivity contribution in [2.45, 2.75) is 13.0 Å². The summed E-state index contributed by atoms with van der Waals surface area (Å²) in [5.41, 5.74) is -0.0537. The van der Waals surface area contributed by atoms with E-state index in [1.165, 1.54) is 0 Å². The Hall–Kier alpha value is -2.14. The van der Waals surface area contributed by atoms with Gasteiger partial charge in [0.05, 0.1) is 5.56 Å². The first kappa shape index (κ1) is 15.3. The number of carboxylic acid groups (broad SMARTS) is 1. The molecule has 0 aliphatic carbocycles. The molecule has 0 spiro atoms. The molecule has 0 bridgehead atoms. The van der Waals surface area contributed by atoms with Crippen LogP contribution in [0.4, 0.5) is 14.5 Å². The third-order valence-corrected chi connectivity index (χ3v) is 3.23. The Kier molecular flexibility index (Phi) is 4.43. The van der Waals surface area contributed by atoms with E-state index in [1.54, 1.807) is 31.2 Å². The summed E-state index contributed by atoms with van der Waals surface area (Å²) in [4.78, 5) is 10.7. The standard InChI is InChI=1S/C15H12ClF2NO2/c1-8(9-3-2-4-11(16)5-9)19-14-12(17)6-10(15(20)21)7-13(14)18/h2-8,19H,1H3,(H,20,21). The van der Waals surface area contributed by atoms with Crippen molar-refractivity contribution in [2.24, 2.45) is 0 Å². The molecular formula is C15H12ClF2NO2. The summed E-state index contributed by atoms with van der Waals surface area (Å²) in [6.07, 6.45) is 0. The van der Waals surface area contributed by atoms with Crippen LogP contribution in [0, 0.1) is 11.6 Å². The lowest BCUT2D eigenvalue weighted by atomic mass is 10.1. The van der Waals surface area contributed by atoms with Gasteiger partial charge in [-0.2, -0.15) is 0 Å². The van der Waals surface area contributed by atoms with Gasteiger partial charge in [-0.05, 0) is 36.8 Å². The number of rotatable bonds is 4. The number of benzene rings is 2. The number of halogens is 3. The van der Waals surface area contributed by atoms with E-state index >= 15 is 0 Å². The van der Waals surface area contributed by atoms with Crippen molar-refractivity contribution in [3.05, 3.63) is 64.2 Å². The fraction of sp³-hybridized carbons (Fsp3) is 0.133. The highest BCUT2D eigenvalue weighted by Gasteiger charge is 2.17. The topological polar surface area (TPSA) is 49.3 Å². The van der Waals surface area contributed by atoms with E-state index in [2.05, 4.69) is 5.32 Å². The fourth-order valence-electron chi connectivity index (χ4n) is 1.91. The summed E-state index contributed by atoms with van der Waals surface area (Å²) in [6, 6.07) is 8.03. The first-order valence-electron chi connectivity index (χ1n) is 6.13. The minimum absolute atomic E-state index is 0.368. The molecule has 0 aliphatic rings. The molecule has 0 radical (unpaired) electrons. The number of aromatic carboxylic acids is 1. The van der Waals surface area contributed by atoms with Gasteiger partial charge in [-0.3, -0.25) is 0 Å². The molecule has 0 aliphatic heterocycles. The molecule has 3 nitrogen and oxygen atoms in total. The van der Waals surface area contributed by atoms with Crippen LogP contribution in [0.3, 0.4) is 0 Å². The van der Waals surface area contributed by atoms with E-state index in [9.17, 15) is 13.6 Å². The Morgan fingerprint density at radius 1 is 1.24 bits per heavy atom. The van der Waals surface area contributed by atoms with Gasteiger partial charge in [0, 0.05) is 11.1 Å². The first-order chi connectivity index (χ1) is 9.88. The number of anilines is 1. The Labute approximate surface area is 125 Å². The van der Waals surface area contributed by atoms with Gasteiger partial charge in [0.1, 0.15) is 17.3 Å². The van der Waals surface area contributed by atoms with E-state index < -0.39 is 29.2 Å². The maximum absolute atomic E-state index is 13.8. The van der Waals surface area contributed by atoms with Crippen molar-refractivity contribution < 1.29 is 18.7 Å². The van der Waals surface area contributed by atoms with Gasteiger partial charge >= 0.3 is 5.97 Å². The Morgan fingerprint density at radius 2 is 1.86 bits per heavy atom. The molecule has 6 heteroatoms. The summed E-state index contributed by atoms with van der Waals surface area (Å²) in [6.45, 7) is 1.72. The second-order valence-corrected chi connectivity index (χ2v) is 4.98. The van der Waals surface area contributed by atoms with E-state index in [4.69, 9.17) is 16.7 Å². The number of hydrogen-bond donors (Lipinski definition) is 2. The van der Waals surface area contributed by atoms with Crippen LogP contribution in [-0.2, 0) is 0 Å². The van der Waals surface area contributed by atoms with E-state index in [-0.39, 0.29) is 5.69 Å². The highest BCUT2D eigenvalue weighted by atomic mass is 35.5. The number of carboxylic acids is 1. The van der Waals surface area contributed by atoms with Crippen molar-refractivity contribution in [1.29, 1.82) is 0 Å². The van der Waals surface area contributed by atoms with Crippen LogP contribution < -0.4 is 5.32 Å². The van der Waals surface area contributed by atoms with Crippen LogP contribution in [-0.4, -0.2) is 11.1 Å². The fourth-order valence-corrected chi connectivity index (χ4v) is 2.11. The molecule has 0 heterocycles. The normalized spacial score (nSPS) is 12.0. The van der Waals surface area contributed by atoms with Crippen molar-refractivity contribution in [2.75, 3.05) is 5.32 Å². The minimum Gasteiger partial charge on any atom is -0.478 e. The quantitative estimate of drug-likeness (QED) is 0.874. The average molecular weight is 312 g/mol. The predicted octanol–water partition coefficient (Wildman–Crippen LogP) is 4.49. The molecular weight excluding hydrogens is 300 g/mol. The van der Waals surface area contributed by atoms with E-state index in [0.29, 0.717) is 5.02 Å². The van der Waals surface area contributed by atoms with Gasteiger partial charge in [-0.25, -0.2) is 13.6 Å². The third-order valence-electron chi connectivity index (χ3n) is 3.00. The Morgan fingerprint density at radius 3 is 2.38 bits per heavy atom. The molecule has 0 aromatic heterocycles. The van der Waals surface area contributed by atoms with Crippen LogP contribution in [0.2, 0.25) is 5.02 Å². The average Bonchev–Trinajstić information content (AvgIpc) is 2.42. The molecule has 1 atom stereocenters. The largest absolute Gasteiger partial charge is 0.478 e. The second-order valence-electron chi connectivity index (χ2n) is 4.54. The molecule has 2 rings (SSSR count). The number of nitrogens with one attached hydrogen (secondary N) is 1. The molecule has 2 N–H and O–H groups in total. The van der Waals surface area contributed by atoms with Crippen molar-refractivity contribution in [3.63, 3.8) is 0 Å². The zero-order valence-corrected chi connectivity index (χ0v) is 11.8. The van der Waals surface area contributed by atoms with Crippen LogP contribution >= 0.6 is 11.6 Å². The molecule has 1 unspecified atom stereocenters. The molecule has 21 heavy (non-hydrogen) atoms. The second kappa shape index (κ2) is 6.10. The monoisotopic (exact) mass is 311 g/mol. The number of carbonyl (C=O) groups is 1. The Bertz CT molecular complexity index is 668. The van der Waals surface area contributed by atoms with Crippen LogP contribution in [0.1, 0.15) is 28.9 Å². The van der Waals surface area contributed by atoms with Crippen molar-refractivity contribution in [1.82, 2.24) is 0 Å². The smallest absolute Gasteiger partial charge is 0.335 e. The lowest BCUT2D eigenvalue weighted by Gasteiger charge is -2.17. The third kappa shape index (κ3) is 3.49. The highest BCUT2D eigenvalue weighted by Crippen LogP contribution is 2.26. The number of hydrogen-bond acceptors (Lipinski definition) is 2. The zero-order valence-electron chi connectivity index (χ0n) is 11.0. The van der Waals surface area contributed by atoms with Crippen LogP contribution in [0.15, 0.2) is 36.4 Å². The molecule has 2 aromatic carbocycles. The Balaban J connectivity index is 2.29.